The van der Waals surface area contributed by atoms with Crippen LogP contribution >= 0.6 is 0 Å². The summed E-state index contributed by atoms with van der Waals surface area (Å²) in [5.74, 6) is 1.76. The molecule has 0 saturated heterocycles. The molecule has 21 heavy (non-hydrogen) atoms. The summed E-state index contributed by atoms with van der Waals surface area (Å²) in [6.45, 7) is 5.29. The van der Waals surface area contributed by atoms with Crippen molar-refractivity contribution in [2.45, 2.75) is 26.7 Å². The fourth-order valence-electron chi connectivity index (χ4n) is 2.37. The van der Waals surface area contributed by atoms with Crippen LogP contribution in [0.3, 0.4) is 0 Å². The van der Waals surface area contributed by atoms with E-state index in [4.69, 9.17) is 4.74 Å². The Hall–Kier alpha value is -2.11. The minimum absolute atomic E-state index is 0.00691. The van der Waals surface area contributed by atoms with Gasteiger partial charge >= 0.3 is 0 Å². The molecule has 0 amide bonds. The van der Waals surface area contributed by atoms with Crippen molar-refractivity contribution in [1.29, 1.82) is 0 Å². The van der Waals surface area contributed by atoms with Gasteiger partial charge in [-0.3, -0.25) is 10.1 Å². The average Bonchev–Trinajstić information content (AvgIpc) is 2.46. The van der Waals surface area contributed by atoms with Crippen LogP contribution in [0.4, 0.5) is 11.5 Å². The summed E-state index contributed by atoms with van der Waals surface area (Å²) in [6.07, 6.45) is 6.39. The molecule has 0 fully saturated rings. The predicted octanol–water partition coefficient (Wildman–Crippen LogP) is 3.40. The van der Waals surface area contributed by atoms with Crippen LogP contribution in [0, 0.1) is 22.0 Å². The zero-order valence-electron chi connectivity index (χ0n) is 12.4. The molecule has 0 spiro atoms. The molecule has 1 heterocycles. The van der Waals surface area contributed by atoms with Crippen LogP contribution < -0.4 is 10.1 Å². The summed E-state index contributed by atoms with van der Waals surface area (Å²) in [4.78, 5) is 14.8. The van der Waals surface area contributed by atoms with Crippen molar-refractivity contribution in [2.75, 3.05) is 18.5 Å². The summed E-state index contributed by atoms with van der Waals surface area (Å²) in [5.41, 5.74) is -0.00691. The topological polar surface area (TPSA) is 77.3 Å². The van der Waals surface area contributed by atoms with E-state index in [1.807, 2.05) is 6.92 Å². The van der Waals surface area contributed by atoms with Crippen LogP contribution in [0.5, 0.6) is 5.88 Å². The van der Waals surface area contributed by atoms with E-state index >= 15 is 0 Å². The van der Waals surface area contributed by atoms with Gasteiger partial charge in [0.05, 0.1) is 23.7 Å². The van der Waals surface area contributed by atoms with Crippen molar-refractivity contribution in [3.8, 4) is 5.88 Å². The van der Waals surface area contributed by atoms with E-state index in [0.29, 0.717) is 36.7 Å². The van der Waals surface area contributed by atoms with E-state index in [9.17, 15) is 10.1 Å². The summed E-state index contributed by atoms with van der Waals surface area (Å²) in [6, 6.07) is 2.80. The lowest BCUT2D eigenvalue weighted by Gasteiger charge is -2.24. The molecule has 2 rings (SSSR count). The number of aromatic nitrogens is 1. The Morgan fingerprint density at radius 1 is 1.43 bits per heavy atom. The molecule has 6 nitrogen and oxygen atoms in total. The molecule has 0 aromatic carbocycles. The Morgan fingerprint density at radius 2 is 2.19 bits per heavy atom. The highest BCUT2D eigenvalue weighted by Gasteiger charge is 2.20. The molecular formula is C15H21N3O3. The standard InChI is InChI=1S/C15H21N3O3/c1-3-16-14-8-13(18(19)20)9-15(17-14)21-10-12-7-5-4-6-11(12)2/h4-5,8-9,11-12H,3,6-7,10H2,1-2H3,(H,16,17). The molecule has 1 aliphatic carbocycles. The zero-order valence-corrected chi connectivity index (χ0v) is 12.4. The van der Waals surface area contributed by atoms with Gasteiger partial charge < -0.3 is 10.1 Å². The van der Waals surface area contributed by atoms with Crippen LogP contribution in [0.15, 0.2) is 24.3 Å². The Labute approximate surface area is 124 Å². The number of nitro groups is 1. The Bertz CT molecular complexity index is 531. The molecule has 1 aromatic rings. The monoisotopic (exact) mass is 291 g/mol. The Morgan fingerprint density at radius 3 is 2.86 bits per heavy atom. The van der Waals surface area contributed by atoms with E-state index in [0.717, 1.165) is 12.8 Å². The average molecular weight is 291 g/mol. The van der Waals surface area contributed by atoms with Crippen LogP contribution in [0.25, 0.3) is 0 Å². The third kappa shape index (κ3) is 4.18. The molecule has 1 N–H and O–H groups in total. The van der Waals surface area contributed by atoms with E-state index in [1.165, 1.54) is 12.1 Å². The lowest BCUT2D eigenvalue weighted by Crippen LogP contribution is -2.21. The van der Waals surface area contributed by atoms with Crippen LogP contribution in [-0.4, -0.2) is 23.1 Å². The summed E-state index contributed by atoms with van der Waals surface area (Å²) in [7, 11) is 0. The van der Waals surface area contributed by atoms with Gasteiger partial charge in [-0.15, -0.1) is 0 Å². The second kappa shape index (κ2) is 7.06. The van der Waals surface area contributed by atoms with Gasteiger partial charge in [-0.2, -0.15) is 4.98 Å². The van der Waals surface area contributed by atoms with Gasteiger partial charge in [-0.1, -0.05) is 19.1 Å². The van der Waals surface area contributed by atoms with Gasteiger partial charge in [0, 0.05) is 6.54 Å². The number of nitrogens with zero attached hydrogens (tertiary/aromatic N) is 2. The summed E-state index contributed by atoms with van der Waals surface area (Å²) in [5, 5.41) is 13.9. The van der Waals surface area contributed by atoms with E-state index in [2.05, 4.69) is 29.4 Å². The molecule has 1 aromatic heterocycles. The first-order valence-electron chi connectivity index (χ1n) is 7.28. The number of nitrogens with one attached hydrogen (secondary N) is 1. The molecule has 114 valence electrons. The first kappa shape index (κ1) is 15.3. The second-order valence-corrected chi connectivity index (χ2v) is 5.33. The van der Waals surface area contributed by atoms with Crippen molar-refractivity contribution in [3.63, 3.8) is 0 Å². The number of pyridine rings is 1. The first-order valence-corrected chi connectivity index (χ1v) is 7.28. The molecule has 0 bridgehead atoms. The fraction of sp³-hybridized carbons (Fsp3) is 0.533. The van der Waals surface area contributed by atoms with Gasteiger partial charge in [-0.25, -0.2) is 0 Å². The van der Waals surface area contributed by atoms with Crippen LogP contribution in [-0.2, 0) is 0 Å². The highest BCUT2D eigenvalue weighted by molar-refractivity contribution is 5.48. The van der Waals surface area contributed by atoms with Gasteiger partial charge in [0.25, 0.3) is 5.69 Å². The number of allylic oxidation sites excluding steroid dienone is 2. The Kier molecular flexibility index (Phi) is 5.14. The number of hydrogen-bond donors (Lipinski definition) is 1. The fourth-order valence-corrected chi connectivity index (χ4v) is 2.37. The van der Waals surface area contributed by atoms with Gasteiger partial charge in [-0.05, 0) is 31.6 Å². The van der Waals surface area contributed by atoms with E-state index in [-0.39, 0.29) is 5.69 Å². The maximum Gasteiger partial charge on any atom is 0.278 e. The minimum atomic E-state index is -0.429. The van der Waals surface area contributed by atoms with Gasteiger partial charge in [0.2, 0.25) is 5.88 Å². The summed E-state index contributed by atoms with van der Waals surface area (Å²) >= 11 is 0. The lowest BCUT2D eigenvalue weighted by molar-refractivity contribution is -0.384. The van der Waals surface area contributed by atoms with Crippen LogP contribution in [0.2, 0.25) is 0 Å². The third-order valence-corrected chi connectivity index (χ3v) is 3.72. The van der Waals surface area contributed by atoms with E-state index < -0.39 is 4.92 Å². The first-order chi connectivity index (χ1) is 10.1. The van der Waals surface area contributed by atoms with Crippen molar-refractivity contribution in [2.24, 2.45) is 11.8 Å². The van der Waals surface area contributed by atoms with Gasteiger partial charge in [0.1, 0.15) is 5.82 Å². The molecule has 1 aliphatic rings. The predicted molar refractivity (Wildman–Crippen MR) is 81.6 cm³/mol. The van der Waals surface area contributed by atoms with Crippen LogP contribution in [0.1, 0.15) is 26.7 Å². The SMILES string of the molecule is CCNc1cc([N+](=O)[O-])cc(OCC2CC=CCC2C)n1. The number of anilines is 1. The second-order valence-electron chi connectivity index (χ2n) is 5.33. The maximum atomic E-state index is 11.0. The van der Waals surface area contributed by atoms with E-state index in [1.54, 1.807) is 0 Å². The highest BCUT2D eigenvalue weighted by Crippen LogP contribution is 2.27. The van der Waals surface area contributed by atoms with Crippen molar-refractivity contribution < 1.29 is 9.66 Å². The molecular weight excluding hydrogens is 270 g/mol. The largest absolute Gasteiger partial charge is 0.477 e. The molecule has 0 radical (unpaired) electrons. The van der Waals surface area contributed by atoms with Gasteiger partial charge in [0.15, 0.2) is 0 Å². The van der Waals surface area contributed by atoms with Crippen molar-refractivity contribution >= 4 is 11.5 Å². The molecule has 0 aliphatic heterocycles. The lowest BCUT2D eigenvalue weighted by atomic mass is 9.85. The quantitative estimate of drug-likeness (QED) is 0.494. The maximum absolute atomic E-state index is 11.0. The molecule has 2 atom stereocenters. The minimum Gasteiger partial charge on any atom is -0.477 e. The number of ether oxygens (including phenoxy) is 1. The smallest absolute Gasteiger partial charge is 0.278 e. The molecule has 2 unspecified atom stereocenters. The molecule has 6 heteroatoms. The molecule has 0 saturated carbocycles. The summed E-state index contributed by atoms with van der Waals surface area (Å²) < 4.78 is 5.70. The van der Waals surface area contributed by atoms with Crippen molar-refractivity contribution in [1.82, 2.24) is 4.98 Å². The number of hydrogen-bond acceptors (Lipinski definition) is 5. The van der Waals surface area contributed by atoms with Crippen molar-refractivity contribution in [3.05, 3.63) is 34.4 Å². The number of rotatable bonds is 6. The normalized spacial score (nSPS) is 21.0. The highest BCUT2D eigenvalue weighted by atomic mass is 16.6. The third-order valence-electron chi connectivity index (χ3n) is 3.72. The Balaban J connectivity index is 2.07. The zero-order chi connectivity index (χ0) is 15.2.